The first kappa shape index (κ1) is 12.8. The minimum absolute atomic E-state index is 0.603. The molecule has 0 radical (unpaired) electrons. The van der Waals surface area contributed by atoms with Crippen LogP contribution in [0.15, 0.2) is 30.0 Å². The zero-order valence-electron chi connectivity index (χ0n) is 11.2. The number of aromatic nitrogens is 2. The summed E-state index contributed by atoms with van der Waals surface area (Å²) in [5.41, 5.74) is 1.28. The monoisotopic (exact) mass is 277 g/mol. The van der Waals surface area contributed by atoms with Crippen molar-refractivity contribution in [2.75, 3.05) is 20.3 Å². The Morgan fingerprint density at radius 2 is 2.47 bits per heavy atom. The molecule has 5 heteroatoms. The van der Waals surface area contributed by atoms with Crippen LogP contribution in [0.3, 0.4) is 0 Å². The Labute approximate surface area is 117 Å². The Hall–Kier alpha value is -1.17. The van der Waals surface area contributed by atoms with Gasteiger partial charge in [-0.2, -0.15) is 0 Å². The predicted molar refractivity (Wildman–Crippen MR) is 76.2 cm³/mol. The van der Waals surface area contributed by atoms with E-state index in [2.05, 4.69) is 32.0 Å². The second-order valence-electron chi connectivity index (χ2n) is 4.86. The average molecular weight is 277 g/mol. The molecule has 3 heterocycles. The van der Waals surface area contributed by atoms with Gasteiger partial charge in [-0.1, -0.05) is 6.07 Å². The molecule has 1 atom stereocenters. The summed E-state index contributed by atoms with van der Waals surface area (Å²) in [4.78, 5) is 8.26. The molecule has 2 aromatic rings. The van der Waals surface area contributed by atoms with Gasteiger partial charge >= 0.3 is 0 Å². The van der Waals surface area contributed by atoms with E-state index >= 15 is 0 Å². The smallest absolute Gasteiger partial charge is 0.0949 e. The van der Waals surface area contributed by atoms with Crippen LogP contribution in [-0.4, -0.2) is 34.7 Å². The Morgan fingerprint density at radius 3 is 3.16 bits per heavy atom. The molecule has 2 aromatic heterocycles. The lowest BCUT2D eigenvalue weighted by atomic mass is 10.0. The first-order valence-corrected chi connectivity index (χ1v) is 7.52. The minimum Gasteiger partial charge on any atom is -0.383 e. The van der Waals surface area contributed by atoms with Crippen molar-refractivity contribution >= 4 is 11.3 Å². The molecule has 0 aromatic carbocycles. The van der Waals surface area contributed by atoms with Gasteiger partial charge in [0.25, 0.3) is 0 Å². The lowest BCUT2D eigenvalue weighted by Gasteiger charge is -2.40. The van der Waals surface area contributed by atoms with Crippen LogP contribution in [0, 0.1) is 0 Å². The van der Waals surface area contributed by atoms with Crippen LogP contribution in [0.5, 0.6) is 0 Å². The van der Waals surface area contributed by atoms with Gasteiger partial charge < -0.3 is 9.30 Å². The first-order valence-electron chi connectivity index (χ1n) is 6.64. The second kappa shape index (κ2) is 5.86. The summed E-state index contributed by atoms with van der Waals surface area (Å²) in [5, 5.41) is 2.16. The van der Waals surface area contributed by atoms with Gasteiger partial charge in [0, 0.05) is 43.9 Å². The fourth-order valence-electron chi connectivity index (χ4n) is 2.51. The number of hydrogen-bond donors (Lipinski definition) is 0. The number of likely N-dealkylation sites (tertiary alicyclic amines) is 1. The van der Waals surface area contributed by atoms with Gasteiger partial charge in [-0.15, -0.1) is 11.3 Å². The predicted octanol–water partition coefficient (Wildman–Crippen LogP) is 2.54. The van der Waals surface area contributed by atoms with Crippen LogP contribution < -0.4 is 0 Å². The van der Waals surface area contributed by atoms with Crippen molar-refractivity contribution in [3.63, 3.8) is 0 Å². The van der Waals surface area contributed by atoms with Crippen LogP contribution in [0.2, 0.25) is 0 Å². The Balaban J connectivity index is 1.64. The summed E-state index contributed by atoms with van der Waals surface area (Å²) < 4.78 is 7.32. The van der Waals surface area contributed by atoms with E-state index < -0.39 is 0 Å². The number of thiophene rings is 1. The van der Waals surface area contributed by atoms with E-state index in [4.69, 9.17) is 4.74 Å². The summed E-state index contributed by atoms with van der Waals surface area (Å²) in [6.07, 6.45) is 5.14. The maximum Gasteiger partial charge on any atom is 0.0949 e. The highest BCUT2D eigenvalue weighted by atomic mass is 32.1. The zero-order valence-corrected chi connectivity index (χ0v) is 12.0. The highest BCUT2D eigenvalue weighted by Crippen LogP contribution is 2.36. The number of hydrogen-bond acceptors (Lipinski definition) is 4. The summed E-state index contributed by atoms with van der Waals surface area (Å²) >= 11 is 1.86. The largest absolute Gasteiger partial charge is 0.383 e. The van der Waals surface area contributed by atoms with Crippen LogP contribution >= 0.6 is 11.3 Å². The van der Waals surface area contributed by atoms with E-state index in [9.17, 15) is 0 Å². The molecule has 0 aliphatic carbocycles. The maximum absolute atomic E-state index is 5.13. The van der Waals surface area contributed by atoms with E-state index in [1.165, 1.54) is 23.5 Å². The third-order valence-electron chi connectivity index (χ3n) is 3.70. The van der Waals surface area contributed by atoms with Crippen LogP contribution in [0.25, 0.3) is 0 Å². The fraction of sp³-hybridized carbons (Fsp3) is 0.500. The topological polar surface area (TPSA) is 30.3 Å². The summed E-state index contributed by atoms with van der Waals surface area (Å²) in [7, 11) is 1.73. The molecule has 3 rings (SSSR count). The molecule has 1 aliphatic rings. The maximum atomic E-state index is 5.13. The molecule has 0 saturated carbocycles. The van der Waals surface area contributed by atoms with E-state index in [1.807, 2.05) is 23.9 Å². The Bertz CT molecular complexity index is 509. The standard InChI is InChI=1S/C14H19N3OS/c1-18-7-6-17-11-15-9-12(17)10-16-5-4-13(16)14-3-2-8-19-14/h2-3,8-9,11,13H,4-7,10H2,1H3/t13-/m0/s1. The van der Waals surface area contributed by atoms with Crippen molar-refractivity contribution in [2.24, 2.45) is 0 Å². The van der Waals surface area contributed by atoms with Gasteiger partial charge in [0.2, 0.25) is 0 Å². The number of ether oxygens (including phenoxy) is 1. The number of rotatable bonds is 6. The fourth-order valence-corrected chi connectivity index (χ4v) is 3.41. The van der Waals surface area contributed by atoms with Crippen molar-refractivity contribution < 1.29 is 4.74 Å². The second-order valence-corrected chi connectivity index (χ2v) is 5.84. The lowest BCUT2D eigenvalue weighted by Crippen LogP contribution is -2.40. The SMILES string of the molecule is COCCn1cncc1CN1CC[C@H]1c1cccs1. The van der Waals surface area contributed by atoms with E-state index in [0.717, 1.165) is 19.7 Å². The number of methoxy groups -OCH3 is 1. The molecule has 1 fully saturated rings. The highest BCUT2D eigenvalue weighted by Gasteiger charge is 2.30. The van der Waals surface area contributed by atoms with E-state index in [0.29, 0.717) is 6.04 Å². The third kappa shape index (κ3) is 2.73. The molecule has 1 saturated heterocycles. The lowest BCUT2D eigenvalue weighted by molar-refractivity contribution is 0.0808. The normalized spacial score (nSPS) is 19.5. The molecule has 0 spiro atoms. The summed E-state index contributed by atoms with van der Waals surface area (Å²) in [6, 6.07) is 4.98. The quantitative estimate of drug-likeness (QED) is 0.813. The molecule has 19 heavy (non-hydrogen) atoms. The Kier molecular flexibility index (Phi) is 3.96. The van der Waals surface area contributed by atoms with Crippen LogP contribution in [-0.2, 0) is 17.8 Å². The molecule has 102 valence electrons. The van der Waals surface area contributed by atoms with Crippen molar-refractivity contribution in [3.8, 4) is 0 Å². The van der Waals surface area contributed by atoms with E-state index in [-0.39, 0.29) is 0 Å². The van der Waals surface area contributed by atoms with Crippen LogP contribution in [0.1, 0.15) is 23.0 Å². The van der Waals surface area contributed by atoms with Gasteiger partial charge in [-0.25, -0.2) is 4.98 Å². The first-order chi connectivity index (χ1) is 9.38. The highest BCUT2D eigenvalue weighted by molar-refractivity contribution is 7.10. The van der Waals surface area contributed by atoms with E-state index in [1.54, 1.807) is 7.11 Å². The third-order valence-corrected chi connectivity index (χ3v) is 4.68. The molecular formula is C14H19N3OS. The minimum atomic E-state index is 0.603. The molecule has 4 nitrogen and oxygen atoms in total. The molecule has 1 aliphatic heterocycles. The summed E-state index contributed by atoms with van der Waals surface area (Å²) in [6.45, 7) is 3.77. The van der Waals surface area contributed by atoms with Crippen molar-refractivity contribution in [1.82, 2.24) is 14.5 Å². The molecule has 0 unspecified atom stereocenters. The van der Waals surface area contributed by atoms with Gasteiger partial charge in [-0.3, -0.25) is 4.90 Å². The van der Waals surface area contributed by atoms with Crippen molar-refractivity contribution in [2.45, 2.75) is 25.6 Å². The molecule has 0 N–H and O–H groups in total. The van der Waals surface area contributed by atoms with Gasteiger partial charge in [0.15, 0.2) is 0 Å². The summed E-state index contributed by atoms with van der Waals surface area (Å²) in [5.74, 6) is 0. The van der Waals surface area contributed by atoms with Gasteiger partial charge in [-0.05, 0) is 17.9 Å². The average Bonchev–Trinajstić information content (AvgIpc) is 3.03. The van der Waals surface area contributed by atoms with Gasteiger partial charge in [0.1, 0.15) is 0 Å². The van der Waals surface area contributed by atoms with Crippen molar-refractivity contribution in [1.29, 1.82) is 0 Å². The molecular weight excluding hydrogens is 258 g/mol. The Morgan fingerprint density at radius 1 is 1.53 bits per heavy atom. The number of nitrogens with zero attached hydrogens (tertiary/aromatic N) is 3. The molecule has 0 amide bonds. The van der Waals surface area contributed by atoms with Gasteiger partial charge in [0.05, 0.1) is 18.6 Å². The molecule has 0 bridgehead atoms. The zero-order chi connectivity index (χ0) is 13.1. The van der Waals surface area contributed by atoms with Crippen molar-refractivity contribution in [3.05, 3.63) is 40.6 Å². The van der Waals surface area contributed by atoms with Crippen LogP contribution in [0.4, 0.5) is 0 Å². The number of imidazole rings is 1.